The first-order valence-electron chi connectivity index (χ1n) is 6.41. The summed E-state index contributed by atoms with van der Waals surface area (Å²) >= 11 is 0. The molecule has 0 atom stereocenters. The molecule has 2 N–H and O–H groups in total. The second-order valence-electron chi connectivity index (χ2n) is 5.52. The Hall–Kier alpha value is -1.76. The number of carbonyl (C=O) groups is 1. The average molecular weight is 315 g/mol. The number of esters is 1. The molecular weight excluding hydrogens is 294 g/mol. The molecular formula is C14H21NO5S. The van der Waals surface area contributed by atoms with Crippen molar-refractivity contribution in [2.24, 2.45) is 0 Å². The predicted octanol–water partition coefficient (Wildman–Crippen LogP) is 1.65. The maximum Gasteiger partial charge on any atom is 0.338 e. The number of hydrogen-bond donors (Lipinski definition) is 1. The molecule has 0 radical (unpaired) electrons. The molecule has 0 aliphatic rings. The number of carbonyl (C=O) groups excluding carboxylic acids is 1. The van der Waals surface area contributed by atoms with Crippen LogP contribution in [-0.4, -0.2) is 38.6 Å². The zero-order chi connectivity index (χ0) is 16.3. The predicted molar refractivity (Wildman–Crippen MR) is 81.2 cm³/mol. The van der Waals surface area contributed by atoms with Gasteiger partial charge in [-0.25, -0.2) is 13.2 Å². The Bertz CT molecular complexity index is 617. The molecule has 1 rings (SSSR count). The van der Waals surface area contributed by atoms with Crippen LogP contribution in [-0.2, 0) is 14.6 Å². The van der Waals surface area contributed by atoms with Crippen LogP contribution in [0.5, 0.6) is 5.75 Å². The second-order valence-corrected chi connectivity index (χ2v) is 8.39. The van der Waals surface area contributed by atoms with Crippen LogP contribution in [0.2, 0.25) is 0 Å². The highest BCUT2D eigenvalue weighted by Gasteiger charge is 2.28. The molecule has 0 amide bonds. The topological polar surface area (TPSA) is 95.7 Å². The summed E-state index contributed by atoms with van der Waals surface area (Å²) in [5.41, 5.74) is 6.26. The molecule has 6 nitrogen and oxygen atoms in total. The van der Waals surface area contributed by atoms with Crippen LogP contribution in [0.3, 0.4) is 0 Å². The molecule has 0 aliphatic heterocycles. The molecule has 1 aromatic carbocycles. The Labute approximate surface area is 125 Å². The number of ether oxygens (including phenoxy) is 2. The number of sulfone groups is 1. The van der Waals surface area contributed by atoms with Crippen molar-refractivity contribution in [2.45, 2.75) is 25.5 Å². The van der Waals surface area contributed by atoms with Gasteiger partial charge < -0.3 is 15.2 Å². The van der Waals surface area contributed by atoms with E-state index in [1.54, 1.807) is 26.8 Å². The van der Waals surface area contributed by atoms with Gasteiger partial charge in [0.1, 0.15) is 12.4 Å². The van der Waals surface area contributed by atoms with Gasteiger partial charge in [-0.05, 0) is 39.0 Å². The summed E-state index contributed by atoms with van der Waals surface area (Å²) in [6, 6.07) is 4.49. The highest BCUT2D eigenvalue weighted by Crippen LogP contribution is 2.22. The third kappa shape index (κ3) is 4.35. The number of hydrogen-bond acceptors (Lipinski definition) is 6. The molecule has 0 spiro atoms. The van der Waals surface area contributed by atoms with Crippen LogP contribution >= 0.6 is 0 Å². The van der Waals surface area contributed by atoms with Gasteiger partial charge in [-0.2, -0.15) is 0 Å². The standard InChI is InChI=1S/C14H21NO5S/c1-14(2,3)21(17,18)8-7-20-13(16)10-5-6-12(19-4)11(15)9-10/h5-6,9H,7-8,15H2,1-4H3. The Morgan fingerprint density at radius 2 is 1.90 bits per heavy atom. The maximum absolute atomic E-state index is 11.9. The number of nitrogens with two attached hydrogens (primary N) is 1. The Balaban J connectivity index is 2.65. The van der Waals surface area contributed by atoms with Crippen LogP contribution < -0.4 is 10.5 Å². The first-order valence-corrected chi connectivity index (χ1v) is 8.06. The summed E-state index contributed by atoms with van der Waals surface area (Å²) < 4.78 is 32.8. The first kappa shape index (κ1) is 17.3. The van der Waals surface area contributed by atoms with Crippen molar-refractivity contribution in [3.05, 3.63) is 23.8 Å². The number of benzene rings is 1. The molecule has 0 saturated carbocycles. The fourth-order valence-electron chi connectivity index (χ4n) is 1.49. The maximum atomic E-state index is 11.9. The average Bonchev–Trinajstić information content (AvgIpc) is 2.36. The van der Waals surface area contributed by atoms with Gasteiger partial charge >= 0.3 is 5.97 Å². The molecule has 0 saturated heterocycles. The summed E-state index contributed by atoms with van der Waals surface area (Å²) in [7, 11) is -1.84. The minimum Gasteiger partial charge on any atom is -0.495 e. The van der Waals surface area contributed by atoms with E-state index in [4.69, 9.17) is 15.2 Å². The van der Waals surface area contributed by atoms with Crippen molar-refractivity contribution in [1.82, 2.24) is 0 Å². The minimum absolute atomic E-state index is 0.190. The van der Waals surface area contributed by atoms with E-state index >= 15 is 0 Å². The Kier molecular flexibility index (Phi) is 5.22. The van der Waals surface area contributed by atoms with Gasteiger partial charge in [-0.15, -0.1) is 0 Å². The molecule has 1 aromatic rings. The van der Waals surface area contributed by atoms with Gasteiger partial charge in [-0.1, -0.05) is 0 Å². The van der Waals surface area contributed by atoms with Gasteiger partial charge in [0.2, 0.25) is 0 Å². The van der Waals surface area contributed by atoms with Crippen LogP contribution in [0.1, 0.15) is 31.1 Å². The van der Waals surface area contributed by atoms with E-state index in [9.17, 15) is 13.2 Å². The Morgan fingerprint density at radius 1 is 1.29 bits per heavy atom. The monoisotopic (exact) mass is 315 g/mol. The molecule has 0 aromatic heterocycles. The largest absolute Gasteiger partial charge is 0.495 e. The third-order valence-corrected chi connectivity index (χ3v) is 5.55. The van der Waals surface area contributed by atoms with Crippen molar-refractivity contribution in [3.8, 4) is 5.75 Å². The summed E-state index contributed by atoms with van der Waals surface area (Å²) in [4.78, 5) is 11.8. The van der Waals surface area contributed by atoms with Crippen molar-refractivity contribution < 1.29 is 22.7 Å². The zero-order valence-corrected chi connectivity index (χ0v) is 13.5. The third-order valence-electron chi connectivity index (χ3n) is 2.98. The molecule has 118 valence electrons. The lowest BCUT2D eigenvalue weighted by atomic mass is 10.2. The molecule has 0 bridgehead atoms. The lowest BCUT2D eigenvalue weighted by Gasteiger charge is -2.18. The lowest BCUT2D eigenvalue weighted by molar-refractivity contribution is 0.0529. The summed E-state index contributed by atoms with van der Waals surface area (Å²) in [6.07, 6.45) is 0. The van der Waals surface area contributed by atoms with E-state index in [0.717, 1.165) is 0 Å². The van der Waals surface area contributed by atoms with Crippen molar-refractivity contribution >= 4 is 21.5 Å². The van der Waals surface area contributed by atoms with Crippen LogP contribution in [0.15, 0.2) is 18.2 Å². The van der Waals surface area contributed by atoms with E-state index in [0.29, 0.717) is 11.4 Å². The molecule has 7 heteroatoms. The van der Waals surface area contributed by atoms with Gasteiger partial charge in [0.05, 0.1) is 28.9 Å². The van der Waals surface area contributed by atoms with Gasteiger partial charge in [0.15, 0.2) is 9.84 Å². The van der Waals surface area contributed by atoms with Crippen molar-refractivity contribution in [1.29, 1.82) is 0 Å². The van der Waals surface area contributed by atoms with E-state index in [1.807, 2.05) is 0 Å². The molecule has 0 aliphatic carbocycles. The van der Waals surface area contributed by atoms with E-state index in [2.05, 4.69) is 0 Å². The number of anilines is 1. The number of methoxy groups -OCH3 is 1. The van der Waals surface area contributed by atoms with E-state index in [-0.39, 0.29) is 17.9 Å². The van der Waals surface area contributed by atoms with Crippen molar-refractivity contribution in [3.63, 3.8) is 0 Å². The van der Waals surface area contributed by atoms with Gasteiger partial charge in [0.25, 0.3) is 0 Å². The minimum atomic E-state index is -3.32. The highest BCUT2D eigenvalue weighted by atomic mass is 32.2. The fourth-order valence-corrected chi connectivity index (χ4v) is 2.41. The Morgan fingerprint density at radius 3 is 2.38 bits per heavy atom. The smallest absolute Gasteiger partial charge is 0.338 e. The summed E-state index contributed by atoms with van der Waals surface area (Å²) in [6.45, 7) is 4.63. The van der Waals surface area contributed by atoms with Crippen LogP contribution in [0, 0.1) is 0 Å². The van der Waals surface area contributed by atoms with Crippen LogP contribution in [0.4, 0.5) is 5.69 Å². The number of rotatable bonds is 5. The summed E-state index contributed by atoms with van der Waals surface area (Å²) in [5.74, 6) is -0.372. The normalized spacial score (nSPS) is 12.0. The molecule has 21 heavy (non-hydrogen) atoms. The van der Waals surface area contributed by atoms with Gasteiger partial charge in [0, 0.05) is 0 Å². The number of nitrogen functional groups attached to an aromatic ring is 1. The molecule has 0 unspecified atom stereocenters. The lowest BCUT2D eigenvalue weighted by Crippen LogP contribution is -2.32. The van der Waals surface area contributed by atoms with Crippen molar-refractivity contribution in [2.75, 3.05) is 25.2 Å². The van der Waals surface area contributed by atoms with Crippen LogP contribution in [0.25, 0.3) is 0 Å². The zero-order valence-electron chi connectivity index (χ0n) is 12.7. The molecule has 0 fully saturated rings. The SMILES string of the molecule is COc1ccc(C(=O)OCCS(=O)(=O)C(C)(C)C)cc1N. The highest BCUT2D eigenvalue weighted by molar-refractivity contribution is 7.92. The van der Waals surface area contributed by atoms with E-state index < -0.39 is 20.6 Å². The molecule has 0 heterocycles. The summed E-state index contributed by atoms with van der Waals surface area (Å²) in [5, 5.41) is 0. The fraction of sp³-hybridized carbons (Fsp3) is 0.500. The second kappa shape index (κ2) is 6.34. The first-order chi connectivity index (χ1) is 9.58. The quantitative estimate of drug-likeness (QED) is 0.655. The van der Waals surface area contributed by atoms with Gasteiger partial charge in [-0.3, -0.25) is 0 Å². The van der Waals surface area contributed by atoms with E-state index in [1.165, 1.54) is 19.2 Å².